The number of primary amides is 1. The predicted molar refractivity (Wildman–Crippen MR) is 164 cm³/mol. The first-order chi connectivity index (χ1) is 19.5. The molecule has 2 heterocycles. The summed E-state index contributed by atoms with van der Waals surface area (Å²) in [4.78, 5) is 30.6. The van der Waals surface area contributed by atoms with Gasteiger partial charge in [0.05, 0.1) is 5.75 Å². The Morgan fingerprint density at radius 3 is 2.22 bits per heavy atom. The number of amidine groups is 1. The summed E-state index contributed by atoms with van der Waals surface area (Å²) in [5.74, 6) is 0.629. The largest absolute Gasteiger partial charge is 0.351 e. The average Bonchev–Trinajstić information content (AvgIpc) is 3.24. The van der Waals surface area contributed by atoms with Gasteiger partial charge in [0.1, 0.15) is 11.4 Å². The Hall–Kier alpha value is -3.24. The first-order valence-electron chi connectivity index (χ1n) is 14.6. The van der Waals surface area contributed by atoms with Gasteiger partial charge >= 0.3 is 6.03 Å². The molecule has 0 aliphatic carbocycles. The number of nitrogens with zero attached hydrogens (tertiary/aromatic N) is 3. The second-order valence-corrected chi connectivity index (χ2v) is 13.5. The number of nitrogens with two attached hydrogens (primary N) is 1. The van der Waals surface area contributed by atoms with Crippen LogP contribution in [0.3, 0.4) is 0 Å². The second-order valence-electron chi connectivity index (χ2n) is 11.4. The standard InChI is InChI=1S/C31H43N5O4S/c1-23-21-26(35(3)30(32)38)22-24(2)27(23)15-20-41(39,40)36-18-16-31(17-19-36)29(37)33-28(34-31)14-10-5-4-7-11-25-12-8-6-9-13-25/h6,8-9,12-13,21-22H,4-5,7,10-11,14-20H2,1-3H3,(H2,32,38)(H,33,34,37). The number of aliphatic imine (C=N–C) groups is 1. The minimum absolute atomic E-state index is 0.0162. The van der Waals surface area contributed by atoms with Gasteiger partial charge in [0.25, 0.3) is 5.91 Å². The summed E-state index contributed by atoms with van der Waals surface area (Å²) in [6, 6.07) is 13.6. The zero-order valence-electron chi connectivity index (χ0n) is 24.5. The van der Waals surface area contributed by atoms with Crippen molar-refractivity contribution in [3.63, 3.8) is 0 Å². The highest BCUT2D eigenvalue weighted by Crippen LogP contribution is 2.32. The number of hydrogen-bond donors (Lipinski definition) is 2. The maximum Gasteiger partial charge on any atom is 0.318 e. The maximum absolute atomic E-state index is 13.2. The zero-order valence-corrected chi connectivity index (χ0v) is 25.3. The molecule has 10 heteroatoms. The van der Waals surface area contributed by atoms with Crippen LogP contribution in [0.5, 0.6) is 0 Å². The fourth-order valence-electron chi connectivity index (χ4n) is 5.84. The van der Waals surface area contributed by atoms with E-state index in [1.165, 1.54) is 14.8 Å². The van der Waals surface area contributed by atoms with E-state index in [1.807, 2.05) is 32.0 Å². The number of benzene rings is 2. The number of nitrogens with one attached hydrogen (secondary N) is 1. The first kappa shape index (κ1) is 30.7. The summed E-state index contributed by atoms with van der Waals surface area (Å²) >= 11 is 0. The predicted octanol–water partition coefficient (Wildman–Crippen LogP) is 4.25. The van der Waals surface area contributed by atoms with Crippen molar-refractivity contribution >= 4 is 33.5 Å². The second kappa shape index (κ2) is 13.2. The van der Waals surface area contributed by atoms with Gasteiger partial charge in [-0.25, -0.2) is 17.5 Å². The van der Waals surface area contributed by atoms with Gasteiger partial charge in [0.2, 0.25) is 10.0 Å². The molecule has 1 saturated heterocycles. The van der Waals surface area contributed by atoms with Crippen molar-refractivity contribution in [2.75, 3.05) is 30.8 Å². The topological polar surface area (TPSA) is 125 Å². The highest BCUT2D eigenvalue weighted by atomic mass is 32.2. The van der Waals surface area contributed by atoms with Crippen molar-refractivity contribution in [1.82, 2.24) is 9.62 Å². The summed E-state index contributed by atoms with van der Waals surface area (Å²) in [5, 5.41) is 2.97. The lowest BCUT2D eigenvalue weighted by atomic mass is 9.89. The van der Waals surface area contributed by atoms with Crippen molar-refractivity contribution in [2.45, 2.75) is 77.2 Å². The fourth-order valence-corrected chi connectivity index (χ4v) is 7.30. The number of aryl methyl sites for hydroxylation is 3. The number of sulfonamides is 1. The van der Waals surface area contributed by atoms with Gasteiger partial charge in [-0.2, -0.15) is 0 Å². The summed E-state index contributed by atoms with van der Waals surface area (Å²) < 4.78 is 28.0. The smallest absolute Gasteiger partial charge is 0.318 e. The molecule has 2 aliphatic rings. The van der Waals surface area contributed by atoms with Crippen LogP contribution in [0.4, 0.5) is 10.5 Å². The third kappa shape index (κ3) is 7.54. The maximum atomic E-state index is 13.2. The fraction of sp³-hybridized carbons (Fsp3) is 0.516. The molecule has 0 aromatic heterocycles. The Kier molecular flexibility index (Phi) is 9.86. The van der Waals surface area contributed by atoms with Crippen LogP contribution in [0.1, 0.15) is 67.2 Å². The molecule has 1 spiro atoms. The third-order valence-electron chi connectivity index (χ3n) is 8.45. The first-order valence-corrected chi connectivity index (χ1v) is 16.2. The van der Waals surface area contributed by atoms with Crippen molar-refractivity contribution in [2.24, 2.45) is 10.7 Å². The Morgan fingerprint density at radius 2 is 1.61 bits per heavy atom. The Bertz CT molecular complexity index is 1360. The monoisotopic (exact) mass is 581 g/mol. The SMILES string of the molecule is Cc1cc(N(C)C(N)=O)cc(C)c1CCS(=O)(=O)N1CCC2(CC1)N=C(CCCCCCc1ccccc1)NC2=O. The minimum Gasteiger partial charge on any atom is -0.351 e. The molecule has 2 aromatic carbocycles. The summed E-state index contributed by atoms with van der Waals surface area (Å²) in [7, 11) is -1.90. The van der Waals surface area contributed by atoms with Gasteiger partial charge in [0.15, 0.2) is 0 Å². The van der Waals surface area contributed by atoms with Crippen molar-refractivity contribution in [3.8, 4) is 0 Å². The molecule has 0 radical (unpaired) electrons. The van der Waals surface area contributed by atoms with Crippen LogP contribution in [0.25, 0.3) is 0 Å². The van der Waals surface area contributed by atoms with Crippen LogP contribution in [0, 0.1) is 13.8 Å². The Balaban J connectivity index is 1.25. The highest BCUT2D eigenvalue weighted by Gasteiger charge is 2.47. The van der Waals surface area contributed by atoms with E-state index >= 15 is 0 Å². The molecule has 0 atom stereocenters. The molecule has 2 aromatic rings. The number of amides is 3. The molecule has 2 aliphatic heterocycles. The van der Waals surface area contributed by atoms with Crippen LogP contribution < -0.4 is 16.0 Å². The van der Waals surface area contributed by atoms with Crippen LogP contribution >= 0.6 is 0 Å². The van der Waals surface area contributed by atoms with Crippen LogP contribution in [0.2, 0.25) is 0 Å². The van der Waals surface area contributed by atoms with E-state index in [-0.39, 0.29) is 24.7 Å². The lowest BCUT2D eigenvalue weighted by molar-refractivity contribution is -0.124. The van der Waals surface area contributed by atoms with Gasteiger partial charge in [-0.1, -0.05) is 43.2 Å². The van der Waals surface area contributed by atoms with Gasteiger partial charge in [-0.15, -0.1) is 0 Å². The molecule has 1 fully saturated rings. The summed E-state index contributed by atoms with van der Waals surface area (Å²) in [6.07, 6.45) is 7.34. The summed E-state index contributed by atoms with van der Waals surface area (Å²) in [6.45, 7) is 4.40. The lowest BCUT2D eigenvalue weighted by Gasteiger charge is -2.34. The van der Waals surface area contributed by atoms with Crippen LogP contribution in [-0.2, 0) is 27.7 Å². The van der Waals surface area contributed by atoms with E-state index in [9.17, 15) is 18.0 Å². The van der Waals surface area contributed by atoms with Crippen molar-refractivity contribution in [1.29, 1.82) is 0 Å². The van der Waals surface area contributed by atoms with E-state index < -0.39 is 21.6 Å². The van der Waals surface area contributed by atoms with Crippen LogP contribution in [0.15, 0.2) is 47.5 Å². The molecule has 3 amide bonds. The number of carbonyl (C=O) groups excluding carboxylic acids is 2. The van der Waals surface area contributed by atoms with Crippen molar-refractivity contribution in [3.05, 3.63) is 64.7 Å². The van der Waals surface area contributed by atoms with E-state index in [4.69, 9.17) is 10.7 Å². The number of unbranched alkanes of at least 4 members (excludes halogenated alkanes) is 3. The molecule has 0 saturated carbocycles. The van der Waals surface area contributed by atoms with Gasteiger partial charge < -0.3 is 11.1 Å². The number of anilines is 1. The number of carbonyl (C=O) groups is 2. The molecule has 3 N–H and O–H groups in total. The molecule has 0 bridgehead atoms. The van der Waals surface area contributed by atoms with Gasteiger partial charge in [-0.05, 0) is 86.8 Å². The van der Waals surface area contributed by atoms with Crippen LogP contribution in [-0.4, -0.2) is 61.9 Å². The normalized spacial score (nSPS) is 17.0. The number of urea groups is 1. The van der Waals surface area contributed by atoms with Crippen molar-refractivity contribution < 1.29 is 18.0 Å². The third-order valence-corrected chi connectivity index (χ3v) is 10.3. The molecule has 9 nitrogen and oxygen atoms in total. The molecular formula is C31H43N5O4S. The number of rotatable bonds is 12. The summed E-state index contributed by atoms with van der Waals surface area (Å²) in [5.41, 5.74) is 9.38. The lowest BCUT2D eigenvalue weighted by Crippen LogP contribution is -2.50. The Morgan fingerprint density at radius 1 is 1.00 bits per heavy atom. The zero-order chi connectivity index (χ0) is 29.6. The van der Waals surface area contributed by atoms with E-state index in [2.05, 4.69) is 29.6 Å². The average molecular weight is 582 g/mol. The molecule has 4 rings (SSSR count). The van der Waals surface area contributed by atoms with Gasteiger partial charge in [-0.3, -0.25) is 14.7 Å². The van der Waals surface area contributed by atoms with E-state index in [0.29, 0.717) is 24.9 Å². The highest BCUT2D eigenvalue weighted by molar-refractivity contribution is 7.89. The van der Waals surface area contributed by atoms with Gasteiger partial charge in [0, 0.05) is 32.2 Å². The molecule has 41 heavy (non-hydrogen) atoms. The minimum atomic E-state index is -3.51. The van der Waals surface area contributed by atoms with E-state index in [1.54, 1.807) is 7.05 Å². The van der Waals surface area contributed by atoms with E-state index in [0.717, 1.165) is 61.1 Å². The molecule has 222 valence electrons. The molecule has 0 unspecified atom stereocenters. The quantitative estimate of drug-likeness (QED) is 0.364. The number of hydrogen-bond acceptors (Lipinski definition) is 5. The Labute approximate surface area is 244 Å². The molecular weight excluding hydrogens is 538 g/mol. The number of piperidine rings is 1.